The standard InChI is InChI=1S/C19H28N4O.ClH/c1-19(2)9-7-15(12-5-3-4-6-14(12)19)21-18(24)17-13-11-20-10-8-16(13)22-23-17;/h3-6,13,15-17,20,22-23H,7-11H2,1-2H3,(H,21,24);1H. The molecule has 0 aromatic heterocycles. The number of hydrazine groups is 1. The lowest BCUT2D eigenvalue weighted by Gasteiger charge is -2.38. The van der Waals surface area contributed by atoms with Crippen LogP contribution >= 0.6 is 12.4 Å². The van der Waals surface area contributed by atoms with Crippen LogP contribution in [0.2, 0.25) is 0 Å². The second-order valence-corrected chi connectivity index (χ2v) is 8.10. The van der Waals surface area contributed by atoms with Crippen LogP contribution in [0.3, 0.4) is 0 Å². The lowest BCUT2D eigenvalue weighted by Crippen LogP contribution is -2.50. The first-order valence-corrected chi connectivity index (χ1v) is 9.18. The summed E-state index contributed by atoms with van der Waals surface area (Å²) in [6.45, 7) is 6.52. The zero-order chi connectivity index (χ0) is 16.7. The Kier molecular flexibility index (Phi) is 5.40. The highest BCUT2D eigenvalue weighted by Gasteiger charge is 2.42. The smallest absolute Gasteiger partial charge is 0.239 e. The Morgan fingerprint density at radius 3 is 2.84 bits per heavy atom. The molecule has 4 N–H and O–H groups in total. The van der Waals surface area contributed by atoms with Crippen LogP contribution < -0.4 is 21.5 Å². The van der Waals surface area contributed by atoms with Crippen LogP contribution in [0.5, 0.6) is 0 Å². The van der Waals surface area contributed by atoms with Gasteiger partial charge in [0.1, 0.15) is 6.04 Å². The minimum absolute atomic E-state index is 0. The normalized spacial score (nSPS) is 32.9. The SMILES string of the molecule is CC1(C)CCC(NC(=O)C2NNC3CCNCC32)c2ccccc21.Cl. The number of hydrogen-bond acceptors (Lipinski definition) is 4. The molecule has 1 aromatic rings. The highest BCUT2D eigenvalue weighted by atomic mass is 35.5. The van der Waals surface area contributed by atoms with Gasteiger partial charge in [0, 0.05) is 18.5 Å². The number of rotatable bonds is 2. The lowest BCUT2D eigenvalue weighted by molar-refractivity contribution is -0.124. The number of halogens is 1. The third-order valence-corrected chi connectivity index (χ3v) is 6.10. The number of benzene rings is 1. The molecule has 5 nitrogen and oxygen atoms in total. The molecule has 2 fully saturated rings. The molecule has 6 heteroatoms. The van der Waals surface area contributed by atoms with E-state index < -0.39 is 0 Å². The van der Waals surface area contributed by atoms with E-state index in [1.54, 1.807) is 0 Å². The average Bonchev–Trinajstić information content (AvgIpc) is 3.02. The van der Waals surface area contributed by atoms with Crippen molar-refractivity contribution in [2.75, 3.05) is 13.1 Å². The number of amides is 1. The molecule has 4 unspecified atom stereocenters. The van der Waals surface area contributed by atoms with E-state index in [0.29, 0.717) is 12.0 Å². The second kappa shape index (κ2) is 7.23. The van der Waals surface area contributed by atoms with Crippen molar-refractivity contribution in [2.24, 2.45) is 5.92 Å². The van der Waals surface area contributed by atoms with Crippen molar-refractivity contribution in [3.8, 4) is 0 Å². The molecule has 0 bridgehead atoms. The van der Waals surface area contributed by atoms with Gasteiger partial charge < -0.3 is 10.6 Å². The van der Waals surface area contributed by atoms with Crippen molar-refractivity contribution in [1.82, 2.24) is 21.5 Å². The predicted octanol–water partition coefficient (Wildman–Crippen LogP) is 1.79. The van der Waals surface area contributed by atoms with Crippen LogP contribution in [0.15, 0.2) is 24.3 Å². The van der Waals surface area contributed by atoms with Gasteiger partial charge in [-0.25, -0.2) is 5.43 Å². The Bertz CT molecular complexity index is 636. The Balaban J connectivity index is 0.00000182. The highest BCUT2D eigenvalue weighted by Crippen LogP contribution is 2.41. The van der Waals surface area contributed by atoms with Crippen LogP contribution in [0.4, 0.5) is 0 Å². The van der Waals surface area contributed by atoms with Crippen LogP contribution in [0, 0.1) is 5.92 Å². The molecular weight excluding hydrogens is 336 g/mol. The van der Waals surface area contributed by atoms with Gasteiger partial charge in [-0.2, -0.15) is 0 Å². The number of fused-ring (bicyclic) bond motifs is 2. The highest BCUT2D eigenvalue weighted by molar-refractivity contribution is 5.85. The lowest BCUT2D eigenvalue weighted by atomic mass is 9.71. The van der Waals surface area contributed by atoms with Gasteiger partial charge in [-0.05, 0) is 42.3 Å². The quantitative estimate of drug-likeness (QED) is 0.646. The van der Waals surface area contributed by atoms with E-state index in [-0.39, 0.29) is 35.8 Å². The maximum Gasteiger partial charge on any atom is 0.239 e. The maximum absolute atomic E-state index is 12.9. The van der Waals surface area contributed by atoms with Crippen molar-refractivity contribution in [3.05, 3.63) is 35.4 Å². The summed E-state index contributed by atoms with van der Waals surface area (Å²) in [6.07, 6.45) is 3.17. The maximum atomic E-state index is 12.9. The molecule has 2 saturated heterocycles. The van der Waals surface area contributed by atoms with Crippen LogP contribution in [0.1, 0.15) is 50.3 Å². The van der Waals surface area contributed by atoms with Gasteiger partial charge in [0.25, 0.3) is 0 Å². The monoisotopic (exact) mass is 364 g/mol. The molecule has 1 amide bonds. The van der Waals surface area contributed by atoms with E-state index in [1.807, 2.05) is 0 Å². The van der Waals surface area contributed by atoms with Crippen LogP contribution in [-0.4, -0.2) is 31.1 Å². The third-order valence-electron chi connectivity index (χ3n) is 6.10. The fraction of sp³-hybridized carbons (Fsp3) is 0.632. The van der Waals surface area contributed by atoms with Gasteiger partial charge in [-0.3, -0.25) is 10.2 Å². The summed E-state index contributed by atoms with van der Waals surface area (Å²) in [5.74, 6) is 0.451. The zero-order valence-electron chi connectivity index (χ0n) is 15.0. The summed E-state index contributed by atoms with van der Waals surface area (Å²) < 4.78 is 0. The van der Waals surface area contributed by atoms with Crippen molar-refractivity contribution >= 4 is 18.3 Å². The van der Waals surface area contributed by atoms with E-state index in [0.717, 1.165) is 32.4 Å². The second-order valence-electron chi connectivity index (χ2n) is 8.10. The van der Waals surface area contributed by atoms with Crippen LogP contribution in [-0.2, 0) is 10.2 Å². The summed E-state index contributed by atoms with van der Waals surface area (Å²) >= 11 is 0. The van der Waals surface area contributed by atoms with Gasteiger partial charge in [-0.1, -0.05) is 38.1 Å². The summed E-state index contributed by atoms with van der Waals surface area (Å²) in [6, 6.07) is 8.95. The average molecular weight is 365 g/mol. The molecule has 1 aromatic carbocycles. The first-order chi connectivity index (χ1) is 11.6. The molecule has 0 radical (unpaired) electrons. The van der Waals surface area contributed by atoms with Gasteiger partial charge in [-0.15, -0.1) is 12.4 Å². The van der Waals surface area contributed by atoms with E-state index in [9.17, 15) is 4.79 Å². The Morgan fingerprint density at radius 1 is 1.20 bits per heavy atom. The minimum Gasteiger partial charge on any atom is -0.348 e. The molecule has 3 aliphatic rings. The number of nitrogens with one attached hydrogen (secondary N) is 4. The summed E-state index contributed by atoms with van der Waals surface area (Å²) in [4.78, 5) is 12.9. The number of carbonyl (C=O) groups excluding carboxylic acids is 1. The topological polar surface area (TPSA) is 65.2 Å². The first-order valence-electron chi connectivity index (χ1n) is 9.18. The molecule has 0 spiro atoms. The fourth-order valence-electron chi connectivity index (χ4n) is 4.60. The Labute approximate surface area is 156 Å². The third kappa shape index (κ3) is 3.43. The van der Waals surface area contributed by atoms with Crippen LogP contribution in [0.25, 0.3) is 0 Å². The first kappa shape index (κ1) is 18.6. The Hall–Kier alpha value is -1.14. The number of hydrogen-bond donors (Lipinski definition) is 4. The summed E-state index contributed by atoms with van der Waals surface area (Å²) in [5.41, 5.74) is 9.37. The summed E-state index contributed by atoms with van der Waals surface area (Å²) in [5, 5.41) is 6.73. The van der Waals surface area contributed by atoms with E-state index in [1.165, 1.54) is 11.1 Å². The van der Waals surface area contributed by atoms with Gasteiger partial charge in [0.05, 0.1) is 6.04 Å². The van der Waals surface area contributed by atoms with Crippen molar-refractivity contribution in [1.29, 1.82) is 0 Å². The van der Waals surface area contributed by atoms with Gasteiger partial charge >= 0.3 is 0 Å². The van der Waals surface area contributed by atoms with Crippen molar-refractivity contribution < 1.29 is 4.79 Å². The van der Waals surface area contributed by atoms with Gasteiger partial charge in [0.15, 0.2) is 0 Å². The summed E-state index contributed by atoms with van der Waals surface area (Å²) in [7, 11) is 0. The largest absolute Gasteiger partial charge is 0.348 e. The van der Waals surface area contributed by atoms with Crippen molar-refractivity contribution in [3.63, 3.8) is 0 Å². The van der Waals surface area contributed by atoms with E-state index in [2.05, 4.69) is 59.6 Å². The molecule has 2 heterocycles. The van der Waals surface area contributed by atoms with E-state index >= 15 is 0 Å². The molecule has 4 atom stereocenters. The minimum atomic E-state index is -0.148. The molecule has 0 saturated carbocycles. The fourth-order valence-corrected chi connectivity index (χ4v) is 4.60. The molecule has 25 heavy (non-hydrogen) atoms. The van der Waals surface area contributed by atoms with E-state index in [4.69, 9.17) is 0 Å². The molecule has 138 valence electrons. The van der Waals surface area contributed by atoms with Crippen molar-refractivity contribution in [2.45, 2.75) is 56.7 Å². The number of carbonyl (C=O) groups is 1. The molecule has 2 aliphatic heterocycles. The molecular formula is C19H29ClN4O. The molecule has 4 rings (SSSR count). The molecule has 1 aliphatic carbocycles. The Morgan fingerprint density at radius 2 is 2.00 bits per heavy atom. The number of piperidine rings is 1. The predicted molar refractivity (Wildman–Crippen MR) is 102 cm³/mol. The van der Waals surface area contributed by atoms with Gasteiger partial charge in [0.2, 0.25) is 5.91 Å². The zero-order valence-corrected chi connectivity index (χ0v) is 15.8.